The van der Waals surface area contributed by atoms with Gasteiger partial charge in [0, 0.05) is 0 Å². The van der Waals surface area contributed by atoms with Gasteiger partial charge in [-0.05, 0) is 6.42 Å². The number of carboxylic acid groups (broad SMARTS) is 1. The van der Waals surface area contributed by atoms with Crippen molar-refractivity contribution in [1.82, 2.24) is 0 Å². The lowest BCUT2D eigenvalue weighted by Gasteiger charge is -2.28. The molecule has 76 valence electrons. The van der Waals surface area contributed by atoms with Crippen LogP contribution in [0, 0.1) is 0 Å². The minimum absolute atomic E-state index is 0.00189. The zero-order valence-corrected chi connectivity index (χ0v) is 7.86. The smallest absolute Gasteiger partial charge is 0.332 e. The fraction of sp³-hybridized carbons (Fsp3) is 0.889. The van der Waals surface area contributed by atoms with Gasteiger partial charge in [0.2, 0.25) is 0 Å². The highest BCUT2D eigenvalue weighted by Crippen LogP contribution is 2.13. The van der Waals surface area contributed by atoms with Crippen LogP contribution in [0.3, 0.4) is 0 Å². The first-order valence-corrected chi connectivity index (χ1v) is 4.70. The van der Waals surface area contributed by atoms with E-state index >= 15 is 0 Å². The molecular weight excluding hydrogens is 172 g/mol. The first kappa shape index (κ1) is 10.5. The Hall–Kier alpha value is -0.610. The molecule has 13 heavy (non-hydrogen) atoms. The molecule has 1 unspecified atom stereocenters. The van der Waals surface area contributed by atoms with E-state index in [1.54, 1.807) is 0 Å². The first-order valence-electron chi connectivity index (χ1n) is 4.70. The van der Waals surface area contributed by atoms with Gasteiger partial charge in [-0.25, -0.2) is 4.79 Å². The van der Waals surface area contributed by atoms with Crippen molar-refractivity contribution in [3.63, 3.8) is 0 Å². The van der Waals surface area contributed by atoms with Crippen LogP contribution < -0.4 is 0 Å². The minimum atomic E-state index is -0.861. The van der Waals surface area contributed by atoms with E-state index in [9.17, 15) is 4.79 Å². The summed E-state index contributed by atoms with van der Waals surface area (Å²) in [7, 11) is 0. The normalized spacial score (nSPS) is 19.5. The number of hydrogen-bond acceptors (Lipinski definition) is 3. The van der Waals surface area contributed by atoms with Gasteiger partial charge in [-0.2, -0.15) is 0 Å². The second kappa shape index (κ2) is 5.19. The molecule has 4 nitrogen and oxygen atoms in total. The summed E-state index contributed by atoms with van der Waals surface area (Å²) in [6, 6.07) is 0. The Morgan fingerprint density at radius 3 is 2.77 bits per heavy atom. The molecule has 0 amide bonds. The topological polar surface area (TPSA) is 55.8 Å². The third-order valence-electron chi connectivity index (χ3n) is 2.06. The molecule has 1 fully saturated rings. The maximum Gasteiger partial charge on any atom is 0.332 e. The monoisotopic (exact) mass is 188 g/mol. The second-order valence-electron chi connectivity index (χ2n) is 3.26. The maximum atomic E-state index is 10.7. The van der Waals surface area contributed by atoms with Gasteiger partial charge in [-0.1, -0.05) is 19.8 Å². The van der Waals surface area contributed by atoms with Gasteiger partial charge < -0.3 is 14.6 Å². The summed E-state index contributed by atoms with van der Waals surface area (Å²) in [5, 5.41) is 8.80. The van der Waals surface area contributed by atoms with Crippen molar-refractivity contribution in [1.29, 1.82) is 0 Å². The van der Waals surface area contributed by atoms with Crippen LogP contribution in [-0.2, 0) is 14.3 Å². The molecule has 0 spiro atoms. The van der Waals surface area contributed by atoms with Crippen molar-refractivity contribution in [2.45, 2.75) is 38.4 Å². The zero-order valence-electron chi connectivity index (χ0n) is 7.86. The molecule has 0 aromatic carbocycles. The molecule has 1 saturated heterocycles. The number of carbonyl (C=O) groups is 1. The van der Waals surface area contributed by atoms with Crippen LogP contribution in [0.2, 0.25) is 0 Å². The highest BCUT2D eigenvalue weighted by atomic mass is 16.6. The standard InChI is InChI=1S/C9H16O4/c1-2-3-4-8(9(10)11)13-7-5-12-6-7/h7-8H,2-6H2,1H3,(H,10,11). The van der Waals surface area contributed by atoms with Gasteiger partial charge in [0.25, 0.3) is 0 Å². The lowest BCUT2D eigenvalue weighted by molar-refractivity contribution is -0.180. The molecular formula is C9H16O4. The van der Waals surface area contributed by atoms with E-state index in [1.807, 2.05) is 6.92 Å². The Kier molecular flexibility index (Phi) is 4.18. The quantitative estimate of drug-likeness (QED) is 0.676. The fourth-order valence-corrected chi connectivity index (χ4v) is 1.16. The number of ether oxygens (including phenoxy) is 2. The van der Waals surface area contributed by atoms with E-state index in [4.69, 9.17) is 14.6 Å². The Morgan fingerprint density at radius 1 is 1.69 bits per heavy atom. The Bertz CT molecular complexity index is 165. The predicted octanol–water partition coefficient (Wildman–Crippen LogP) is 1.05. The molecule has 1 rings (SSSR count). The number of aliphatic carboxylic acids is 1. The van der Waals surface area contributed by atoms with Crippen molar-refractivity contribution >= 4 is 5.97 Å². The molecule has 0 aliphatic carbocycles. The molecule has 4 heteroatoms. The lowest BCUT2D eigenvalue weighted by atomic mass is 10.1. The van der Waals surface area contributed by atoms with Crippen LogP contribution in [0.25, 0.3) is 0 Å². The van der Waals surface area contributed by atoms with E-state index in [2.05, 4.69) is 0 Å². The van der Waals surface area contributed by atoms with Crippen molar-refractivity contribution in [2.24, 2.45) is 0 Å². The van der Waals surface area contributed by atoms with Gasteiger partial charge in [0.15, 0.2) is 6.10 Å². The Labute approximate surface area is 77.8 Å². The van der Waals surface area contributed by atoms with E-state index in [-0.39, 0.29) is 6.10 Å². The zero-order chi connectivity index (χ0) is 9.68. The van der Waals surface area contributed by atoms with Crippen molar-refractivity contribution < 1.29 is 19.4 Å². The summed E-state index contributed by atoms with van der Waals surface area (Å²) < 4.78 is 10.2. The lowest BCUT2D eigenvalue weighted by Crippen LogP contribution is -2.41. The maximum absolute atomic E-state index is 10.7. The van der Waals surface area contributed by atoms with Gasteiger partial charge >= 0.3 is 5.97 Å². The largest absolute Gasteiger partial charge is 0.479 e. The summed E-state index contributed by atoms with van der Waals surface area (Å²) >= 11 is 0. The summed E-state index contributed by atoms with van der Waals surface area (Å²) in [5.74, 6) is -0.861. The number of carboxylic acids is 1. The van der Waals surface area contributed by atoms with Gasteiger partial charge in [0.1, 0.15) is 6.10 Å². The molecule has 0 aromatic heterocycles. The highest BCUT2D eigenvalue weighted by Gasteiger charge is 2.26. The van der Waals surface area contributed by atoms with Gasteiger partial charge in [-0.3, -0.25) is 0 Å². The Morgan fingerprint density at radius 2 is 2.38 bits per heavy atom. The third kappa shape index (κ3) is 3.32. The second-order valence-corrected chi connectivity index (χ2v) is 3.26. The summed E-state index contributed by atoms with van der Waals surface area (Å²) in [6.07, 6.45) is 1.84. The first-order chi connectivity index (χ1) is 6.24. The molecule has 0 aromatic rings. The van der Waals surface area contributed by atoms with Crippen molar-refractivity contribution in [2.75, 3.05) is 13.2 Å². The van der Waals surface area contributed by atoms with Crippen molar-refractivity contribution in [3.8, 4) is 0 Å². The van der Waals surface area contributed by atoms with Gasteiger partial charge in [0.05, 0.1) is 13.2 Å². The number of hydrogen-bond donors (Lipinski definition) is 1. The minimum Gasteiger partial charge on any atom is -0.479 e. The molecule has 1 aliphatic rings. The molecule has 1 atom stereocenters. The van der Waals surface area contributed by atoms with Crippen molar-refractivity contribution in [3.05, 3.63) is 0 Å². The summed E-state index contributed by atoms with van der Waals surface area (Å²) in [5.41, 5.74) is 0. The SMILES string of the molecule is CCCCC(OC1COC1)C(=O)O. The summed E-state index contributed by atoms with van der Waals surface area (Å²) in [4.78, 5) is 10.7. The van der Waals surface area contributed by atoms with Crippen LogP contribution in [0.1, 0.15) is 26.2 Å². The number of unbranched alkanes of at least 4 members (excludes halogenated alkanes) is 1. The van der Waals surface area contributed by atoms with Crippen LogP contribution in [0.5, 0.6) is 0 Å². The predicted molar refractivity (Wildman–Crippen MR) is 46.6 cm³/mol. The van der Waals surface area contributed by atoms with Gasteiger partial charge in [-0.15, -0.1) is 0 Å². The molecule has 1 heterocycles. The molecule has 1 N–H and O–H groups in total. The fourth-order valence-electron chi connectivity index (χ4n) is 1.16. The van der Waals surface area contributed by atoms with Crippen LogP contribution in [0.15, 0.2) is 0 Å². The highest BCUT2D eigenvalue weighted by molar-refractivity contribution is 5.72. The summed E-state index contributed by atoms with van der Waals surface area (Å²) in [6.45, 7) is 3.11. The average Bonchev–Trinajstić information content (AvgIpc) is 2.01. The van der Waals surface area contributed by atoms with E-state index in [1.165, 1.54) is 0 Å². The van der Waals surface area contributed by atoms with Crippen LogP contribution in [-0.4, -0.2) is 36.5 Å². The third-order valence-corrected chi connectivity index (χ3v) is 2.06. The molecule has 0 saturated carbocycles. The van der Waals surface area contributed by atoms with E-state index in [0.29, 0.717) is 19.6 Å². The molecule has 1 aliphatic heterocycles. The van der Waals surface area contributed by atoms with E-state index < -0.39 is 12.1 Å². The Balaban J connectivity index is 2.23. The van der Waals surface area contributed by atoms with Crippen LogP contribution >= 0.6 is 0 Å². The van der Waals surface area contributed by atoms with Crippen LogP contribution in [0.4, 0.5) is 0 Å². The average molecular weight is 188 g/mol. The van der Waals surface area contributed by atoms with E-state index in [0.717, 1.165) is 12.8 Å². The molecule has 0 radical (unpaired) electrons. The molecule has 0 bridgehead atoms. The number of rotatable bonds is 6.